The highest BCUT2D eigenvalue weighted by molar-refractivity contribution is 8.20. The van der Waals surface area contributed by atoms with Crippen molar-refractivity contribution in [1.82, 2.24) is 4.90 Å². The molecule has 2 saturated heterocycles. The maximum atomic E-state index is 12.4. The number of non-ortho nitro benzene ring substituents is 1. The Bertz CT molecular complexity index is 607. The number of hydrogen-bond acceptors (Lipinski definition) is 7. The minimum absolute atomic E-state index is 0.0258. The molecule has 2 atom stereocenters. The van der Waals surface area contributed by atoms with E-state index in [1.807, 2.05) is 23.5 Å². The van der Waals surface area contributed by atoms with E-state index in [2.05, 4.69) is 12.6 Å². The summed E-state index contributed by atoms with van der Waals surface area (Å²) in [5.41, 5.74) is 0.759. The third-order valence-corrected chi connectivity index (χ3v) is 7.64. The smallest absolute Gasteiger partial charge is 0.410 e. The SMILES string of the molecule is O=C(OCc1ccc([N+](=O)[O-])cc1)N1C[C@@H](S)C[C@H]1C1SCCS1. The number of nitro benzene ring substituents is 1. The fourth-order valence-electron chi connectivity index (χ4n) is 2.85. The van der Waals surface area contributed by atoms with Crippen molar-refractivity contribution < 1.29 is 14.5 Å². The molecule has 3 rings (SSSR count). The molecule has 9 heteroatoms. The molecule has 2 heterocycles. The van der Waals surface area contributed by atoms with Gasteiger partial charge in [-0.15, -0.1) is 23.5 Å². The molecule has 24 heavy (non-hydrogen) atoms. The summed E-state index contributed by atoms with van der Waals surface area (Å²) in [7, 11) is 0. The maximum Gasteiger partial charge on any atom is 0.410 e. The van der Waals surface area contributed by atoms with Crippen molar-refractivity contribution >= 4 is 47.9 Å². The zero-order valence-corrected chi connectivity index (χ0v) is 15.4. The highest BCUT2D eigenvalue weighted by Gasteiger charge is 2.41. The minimum atomic E-state index is -0.450. The number of thioether (sulfide) groups is 2. The molecule has 1 aromatic rings. The molecule has 1 amide bonds. The lowest BCUT2D eigenvalue weighted by Crippen LogP contribution is -2.40. The first-order valence-electron chi connectivity index (χ1n) is 7.62. The number of ether oxygens (including phenoxy) is 1. The zero-order chi connectivity index (χ0) is 17.1. The van der Waals surface area contributed by atoms with Gasteiger partial charge in [-0.25, -0.2) is 4.79 Å². The van der Waals surface area contributed by atoms with Gasteiger partial charge in [0.25, 0.3) is 5.69 Å². The summed E-state index contributed by atoms with van der Waals surface area (Å²) in [6, 6.07) is 6.21. The van der Waals surface area contributed by atoms with Gasteiger partial charge in [-0.05, 0) is 24.1 Å². The van der Waals surface area contributed by atoms with Gasteiger partial charge in [-0.2, -0.15) is 12.6 Å². The van der Waals surface area contributed by atoms with E-state index in [9.17, 15) is 14.9 Å². The summed E-state index contributed by atoms with van der Waals surface area (Å²) in [6.45, 7) is 0.715. The average Bonchev–Trinajstić information content (AvgIpc) is 3.22. The van der Waals surface area contributed by atoms with Crippen molar-refractivity contribution in [2.75, 3.05) is 18.1 Å². The van der Waals surface area contributed by atoms with Crippen LogP contribution >= 0.6 is 36.2 Å². The summed E-state index contributed by atoms with van der Waals surface area (Å²) in [6.07, 6.45) is 0.559. The maximum absolute atomic E-state index is 12.4. The van der Waals surface area contributed by atoms with Crippen LogP contribution in [0.15, 0.2) is 24.3 Å². The number of likely N-dealkylation sites (tertiary alicyclic amines) is 1. The predicted molar refractivity (Wildman–Crippen MR) is 99.9 cm³/mol. The summed E-state index contributed by atoms with van der Waals surface area (Å²) < 4.78 is 5.81. The van der Waals surface area contributed by atoms with E-state index < -0.39 is 4.92 Å². The Morgan fingerprint density at radius 1 is 1.33 bits per heavy atom. The molecule has 0 aliphatic carbocycles. The summed E-state index contributed by atoms with van der Waals surface area (Å²) >= 11 is 8.33. The first-order chi connectivity index (χ1) is 11.5. The normalized spacial score (nSPS) is 24.3. The number of nitrogens with zero attached hydrogens (tertiary/aromatic N) is 2. The largest absolute Gasteiger partial charge is 0.445 e. The molecular formula is C15H18N2O4S3. The molecule has 2 aliphatic rings. The fraction of sp³-hybridized carbons (Fsp3) is 0.533. The molecule has 130 valence electrons. The Hall–Kier alpha value is -1.06. The second-order valence-electron chi connectivity index (χ2n) is 5.70. The molecule has 0 spiro atoms. The first-order valence-corrected chi connectivity index (χ1v) is 10.2. The van der Waals surface area contributed by atoms with Gasteiger partial charge in [0.15, 0.2) is 0 Å². The van der Waals surface area contributed by atoms with Crippen LogP contribution in [0.25, 0.3) is 0 Å². The van der Waals surface area contributed by atoms with Crippen LogP contribution in [0.1, 0.15) is 12.0 Å². The van der Waals surface area contributed by atoms with Crippen LogP contribution in [0.4, 0.5) is 10.5 Å². The quantitative estimate of drug-likeness (QED) is 0.486. The lowest BCUT2D eigenvalue weighted by Gasteiger charge is -2.27. The van der Waals surface area contributed by atoms with Crippen molar-refractivity contribution in [1.29, 1.82) is 0 Å². The van der Waals surface area contributed by atoms with Gasteiger partial charge in [-0.1, -0.05) is 0 Å². The third-order valence-electron chi connectivity index (χ3n) is 4.03. The summed E-state index contributed by atoms with van der Waals surface area (Å²) in [5, 5.41) is 10.8. The number of carbonyl (C=O) groups excluding carboxylic acids is 1. The van der Waals surface area contributed by atoms with E-state index in [0.717, 1.165) is 23.5 Å². The van der Waals surface area contributed by atoms with Crippen LogP contribution in [0.2, 0.25) is 0 Å². The molecule has 6 nitrogen and oxygen atoms in total. The Morgan fingerprint density at radius 2 is 2.00 bits per heavy atom. The molecule has 0 saturated carbocycles. The van der Waals surface area contributed by atoms with Crippen molar-refractivity contribution in [2.45, 2.75) is 28.9 Å². The highest BCUT2D eigenvalue weighted by Crippen LogP contribution is 2.41. The topological polar surface area (TPSA) is 72.7 Å². The van der Waals surface area contributed by atoms with Crippen molar-refractivity contribution in [2.24, 2.45) is 0 Å². The molecule has 0 N–H and O–H groups in total. The van der Waals surface area contributed by atoms with Crippen LogP contribution in [0.5, 0.6) is 0 Å². The number of rotatable bonds is 4. The van der Waals surface area contributed by atoms with E-state index in [4.69, 9.17) is 4.74 Å². The number of amides is 1. The van der Waals surface area contributed by atoms with E-state index in [0.29, 0.717) is 11.1 Å². The van der Waals surface area contributed by atoms with Crippen LogP contribution in [-0.2, 0) is 11.3 Å². The van der Waals surface area contributed by atoms with Gasteiger partial charge in [0, 0.05) is 35.4 Å². The molecule has 0 aromatic heterocycles. The second-order valence-corrected chi connectivity index (χ2v) is 9.22. The van der Waals surface area contributed by atoms with E-state index in [1.54, 1.807) is 17.0 Å². The highest BCUT2D eigenvalue weighted by atomic mass is 32.2. The van der Waals surface area contributed by atoms with Gasteiger partial charge in [-0.3, -0.25) is 10.1 Å². The van der Waals surface area contributed by atoms with Crippen LogP contribution in [-0.4, -0.2) is 49.8 Å². The molecule has 0 radical (unpaired) electrons. The Kier molecular flexibility index (Phi) is 5.83. The molecule has 0 unspecified atom stereocenters. The van der Waals surface area contributed by atoms with Gasteiger partial charge >= 0.3 is 6.09 Å². The van der Waals surface area contributed by atoms with E-state index >= 15 is 0 Å². The first kappa shape index (κ1) is 17.8. The van der Waals surface area contributed by atoms with Crippen molar-refractivity contribution in [3.8, 4) is 0 Å². The van der Waals surface area contributed by atoms with E-state index in [1.165, 1.54) is 12.1 Å². The lowest BCUT2D eigenvalue weighted by atomic mass is 10.2. The molecule has 1 aromatic carbocycles. The zero-order valence-electron chi connectivity index (χ0n) is 12.9. The summed E-state index contributed by atoms with van der Waals surface area (Å²) in [5.74, 6) is 2.24. The minimum Gasteiger partial charge on any atom is -0.445 e. The monoisotopic (exact) mass is 386 g/mol. The molecule has 0 bridgehead atoms. The van der Waals surface area contributed by atoms with Crippen molar-refractivity contribution in [3.05, 3.63) is 39.9 Å². The Morgan fingerprint density at radius 3 is 2.62 bits per heavy atom. The third kappa shape index (κ3) is 4.12. The van der Waals surface area contributed by atoms with Crippen LogP contribution in [0, 0.1) is 10.1 Å². The predicted octanol–water partition coefficient (Wildman–Crippen LogP) is 3.41. The number of hydrogen-bond donors (Lipinski definition) is 1. The van der Waals surface area contributed by atoms with Gasteiger partial charge < -0.3 is 9.64 Å². The average molecular weight is 387 g/mol. The van der Waals surface area contributed by atoms with Gasteiger partial charge in [0.2, 0.25) is 0 Å². The number of carbonyl (C=O) groups is 1. The van der Waals surface area contributed by atoms with Crippen LogP contribution < -0.4 is 0 Å². The lowest BCUT2D eigenvalue weighted by molar-refractivity contribution is -0.384. The summed E-state index contributed by atoms with van der Waals surface area (Å²) in [4.78, 5) is 24.4. The van der Waals surface area contributed by atoms with Crippen LogP contribution in [0.3, 0.4) is 0 Å². The number of nitro groups is 1. The number of benzene rings is 1. The second kappa shape index (κ2) is 7.88. The molecular weight excluding hydrogens is 368 g/mol. The van der Waals surface area contributed by atoms with Crippen molar-refractivity contribution in [3.63, 3.8) is 0 Å². The number of thiol groups is 1. The Balaban J connectivity index is 1.58. The fourth-order valence-corrected chi connectivity index (χ4v) is 6.40. The van der Waals surface area contributed by atoms with Gasteiger partial charge in [0.05, 0.1) is 15.5 Å². The molecule has 2 fully saturated rings. The van der Waals surface area contributed by atoms with Gasteiger partial charge in [0.1, 0.15) is 6.61 Å². The Labute approximate surface area is 154 Å². The standard InChI is InChI=1S/C15H18N2O4S3/c18-15(21-9-10-1-3-11(4-2-10)17(19)20)16-8-12(22)7-13(16)14-23-5-6-24-14/h1-4,12-14,22H,5-9H2/t12-,13-/m0/s1. The molecule has 2 aliphatic heterocycles. The van der Waals surface area contributed by atoms with E-state index in [-0.39, 0.29) is 29.7 Å².